The molecule has 0 aliphatic rings. The summed E-state index contributed by atoms with van der Waals surface area (Å²) in [6, 6.07) is 8.87. The lowest BCUT2D eigenvalue weighted by atomic mass is 10.1. The van der Waals surface area contributed by atoms with Crippen molar-refractivity contribution in [3.05, 3.63) is 35.9 Å². The smallest absolute Gasteiger partial charge is 0.236 e. The van der Waals surface area contributed by atoms with Crippen molar-refractivity contribution in [1.82, 2.24) is 5.32 Å². The monoisotopic (exact) mass is 222 g/mol. The fraction of sp³-hybridized carbons (Fsp3) is 0.417. The molecule has 88 valence electrons. The first kappa shape index (κ1) is 12.7. The molecule has 0 heterocycles. The standard InChI is InChI=1S/C12H18N2O2/c1-9(13)12(16)14-11(8-15)7-10-5-3-2-4-6-10/h2-6,9,11,15H,7-8,13H2,1H3,(H,14,16)/t9?,11-/m0/s1. The van der Waals surface area contributed by atoms with Crippen LogP contribution in [0, 0.1) is 0 Å². The topological polar surface area (TPSA) is 75.4 Å². The largest absolute Gasteiger partial charge is 0.394 e. The molecule has 1 aromatic rings. The van der Waals surface area contributed by atoms with E-state index in [2.05, 4.69) is 5.32 Å². The molecule has 0 fully saturated rings. The lowest BCUT2D eigenvalue weighted by Gasteiger charge is -2.17. The molecule has 0 saturated carbocycles. The highest BCUT2D eigenvalue weighted by Crippen LogP contribution is 2.02. The Morgan fingerprint density at radius 2 is 2.06 bits per heavy atom. The fourth-order valence-electron chi connectivity index (χ4n) is 1.39. The number of nitrogens with two attached hydrogens (primary N) is 1. The van der Waals surface area contributed by atoms with E-state index >= 15 is 0 Å². The molecule has 0 spiro atoms. The average molecular weight is 222 g/mol. The highest BCUT2D eigenvalue weighted by atomic mass is 16.3. The second-order valence-electron chi connectivity index (χ2n) is 3.87. The van der Waals surface area contributed by atoms with Crippen LogP contribution in [0.5, 0.6) is 0 Å². The van der Waals surface area contributed by atoms with Crippen LogP contribution in [0.3, 0.4) is 0 Å². The van der Waals surface area contributed by atoms with Crippen LogP contribution in [0.25, 0.3) is 0 Å². The molecule has 16 heavy (non-hydrogen) atoms. The van der Waals surface area contributed by atoms with E-state index in [-0.39, 0.29) is 18.6 Å². The van der Waals surface area contributed by atoms with E-state index in [4.69, 9.17) is 10.8 Å². The van der Waals surface area contributed by atoms with Gasteiger partial charge in [0.25, 0.3) is 0 Å². The van der Waals surface area contributed by atoms with Crippen molar-refractivity contribution in [3.63, 3.8) is 0 Å². The van der Waals surface area contributed by atoms with E-state index in [1.54, 1.807) is 6.92 Å². The van der Waals surface area contributed by atoms with Crippen LogP contribution in [0.2, 0.25) is 0 Å². The van der Waals surface area contributed by atoms with Gasteiger partial charge >= 0.3 is 0 Å². The number of aliphatic hydroxyl groups excluding tert-OH is 1. The summed E-state index contributed by atoms with van der Waals surface area (Å²) < 4.78 is 0. The van der Waals surface area contributed by atoms with Crippen molar-refractivity contribution in [2.75, 3.05) is 6.61 Å². The van der Waals surface area contributed by atoms with Crippen molar-refractivity contribution in [2.45, 2.75) is 25.4 Å². The Kier molecular flexibility index (Phi) is 4.95. The van der Waals surface area contributed by atoms with Crippen LogP contribution in [0.4, 0.5) is 0 Å². The molecular weight excluding hydrogens is 204 g/mol. The molecule has 1 amide bonds. The van der Waals surface area contributed by atoms with Gasteiger partial charge in [-0.1, -0.05) is 30.3 Å². The number of rotatable bonds is 5. The molecule has 4 nitrogen and oxygen atoms in total. The second kappa shape index (κ2) is 6.25. The first-order valence-electron chi connectivity index (χ1n) is 5.34. The van der Waals surface area contributed by atoms with Crippen LogP contribution in [-0.2, 0) is 11.2 Å². The van der Waals surface area contributed by atoms with Crippen LogP contribution in [0.1, 0.15) is 12.5 Å². The van der Waals surface area contributed by atoms with Gasteiger partial charge in [-0.15, -0.1) is 0 Å². The minimum absolute atomic E-state index is 0.0899. The molecule has 0 aromatic heterocycles. The Labute approximate surface area is 95.5 Å². The summed E-state index contributed by atoms with van der Waals surface area (Å²) in [5, 5.41) is 11.9. The van der Waals surface area contributed by atoms with Crippen molar-refractivity contribution in [1.29, 1.82) is 0 Å². The summed E-state index contributed by atoms with van der Waals surface area (Å²) in [6.45, 7) is 1.53. The number of hydrogen-bond donors (Lipinski definition) is 3. The third-order valence-corrected chi connectivity index (χ3v) is 2.31. The van der Waals surface area contributed by atoms with Gasteiger partial charge in [-0.2, -0.15) is 0 Å². The normalized spacial score (nSPS) is 14.2. The Balaban J connectivity index is 2.53. The quantitative estimate of drug-likeness (QED) is 0.659. The summed E-state index contributed by atoms with van der Waals surface area (Å²) in [5.74, 6) is -0.241. The van der Waals surface area contributed by atoms with E-state index < -0.39 is 6.04 Å². The first-order valence-corrected chi connectivity index (χ1v) is 5.34. The maximum atomic E-state index is 11.4. The highest BCUT2D eigenvalue weighted by Gasteiger charge is 2.14. The van der Waals surface area contributed by atoms with Crippen LogP contribution in [0.15, 0.2) is 30.3 Å². The van der Waals surface area contributed by atoms with Crippen LogP contribution < -0.4 is 11.1 Å². The molecule has 0 aliphatic carbocycles. The van der Waals surface area contributed by atoms with Crippen molar-refractivity contribution in [2.24, 2.45) is 5.73 Å². The summed E-state index contributed by atoms with van der Waals surface area (Å²) in [4.78, 5) is 11.4. The third-order valence-electron chi connectivity index (χ3n) is 2.31. The Bertz CT molecular complexity index is 325. The van der Waals surface area contributed by atoms with E-state index in [1.807, 2.05) is 30.3 Å². The lowest BCUT2D eigenvalue weighted by molar-refractivity contribution is -0.123. The van der Waals surface area contributed by atoms with Gasteiger partial charge in [0.1, 0.15) is 0 Å². The molecule has 0 saturated heterocycles. The molecule has 2 atom stereocenters. The van der Waals surface area contributed by atoms with Gasteiger partial charge in [0.05, 0.1) is 18.7 Å². The summed E-state index contributed by atoms with van der Waals surface area (Å²) >= 11 is 0. The summed E-state index contributed by atoms with van der Waals surface area (Å²) in [5.41, 5.74) is 6.51. The Morgan fingerprint density at radius 3 is 2.56 bits per heavy atom. The van der Waals surface area contributed by atoms with E-state index in [9.17, 15) is 4.79 Å². The molecule has 0 radical (unpaired) electrons. The maximum absolute atomic E-state index is 11.4. The summed E-state index contributed by atoms with van der Waals surface area (Å²) in [7, 11) is 0. The SMILES string of the molecule is CC(N)C(=O)N[C@H](CO)Cc1ccccc1. The predicted molar refractivity (Wildman–Crippen MR) is 62.8 cm³/mol. The van der Waals surface area contributed by atoms with Gasteiger partial charge in [-0.3, -0.25) is 4.79 Å². The highest BCUT2D eigenvalue weighted by molar-refractivity contribution is 5.81. The van der Waals surface area contributed by atoms with Crippen LogP contribution in [-0.4, -0.2) is 29.7 Å². The maximum Gasteiger partial charge on any atom is 0.236 e. The van der Waals surface area contributed by atoms with E-state index in [1.165, 1.54) is 0 Å². The van der Waals surface area contributed by atoms with Gasteiger partial charge in [-0.05, 0) is 18.9 Å². The van der Waals surface area contributed by atoms with Crippen molar-refractivity contribution in [3.8, 4) is 0 Å². The molecule has 4 N–H and O–H groups in total. The average Bonchev–Trinajstić information content (AvgIpc) is 2.29. The third kappa shape index (κ3) is 4.00. The molecular formula is C12H18N2O2. The Morgan fingerprint density at radius 1 is 1.44 bits per heavy atom. The Hall–Kier alpha value is -1.39. The number of hydrogen-bond acceptors (Lipinski definition) is 3. The molecule has 4 heteroatoms. The zero-order valence-electron chi connectivity index (χ0n) is 9.39. The zero-order valence-corrected chi connectivity index (χ0v) is 9.39. The van der Waals surface area contributed by atoms with Gasteiger partial charge in [0.15, 0.2) is 0 Å². The van der Waals surface area contributed by atoms with Gasteiger partial charge in [-0.25, -0.2) is 0 Å². The molecule has 1 unspecified atom stereocenters. The van der Waals surface area contributed by atoms with Gasteiger partial charge in [0, 0.05) is 0 Å². The van der Waals surface area contributed by atoms with Crippen molar-refractivity contribution >= 4 is 5.91 Å². The minimum atomic E-state index is -0.551. The number of benzene rings is 1. The molecule has 1 rings (SSSR count). The van der Waals surface area contributed by atoms with Gasteiger partial charge < -0.3 is 16.2 Å². The lowest BCUT2D eigenvalue weighted by Crippen LogP contribution is -2.46. The number of carbonyl (C=O) groups is 1. The fourth-order valence-corrected chi connectivity index (χ4v) is 1.39. The van der Waals surface area contributed by atoms with E-state index in [0.717, 1.165) is 5.56 Å². The second-order valence-corrected chi connectivity index (χ2v) is 3.87. The van der Waals surface area contributed by atoms with Crippen molar-refractivity contribution < 1.29 is 9.90 Å². The first-order chi connectivity index (χ1) is 7.63. The number of carbonyl (C=O) groups excluding carboxylic acids is 1. The molecule has 1 aromatic carbocycles. The number of nitrogens with one attached hydrogen (secondary N) is 1. The zero-order chi connectivity index (χ0) is 12.0. The predicted octanol–water partition coefficient (Wildman–Crippen LogP) is 0.0534. The van der Waals surface area contributed by atoms with Gasteiger partial charge in [0.2, 0.25) is 5.91 Å². The molecule has 0 bridgehead atoms. The van der Waals surface area contributed by atoms with Crippen LogP contribution >= 0.6 is 0 Å². The number of aliphatic hydroxyl groups is 1. The number of amides is 1. The minimum Gasteiger partial charge on any atom is -0.394 e. The molecule has 0 aliphatic heterocycles. The summed E-state index contributed by atoms with van der Waals surface area (Å²) in [6.07, 6.45) is 0.607. The van der Waals surface area contributed by atoms with E-state index in [0.29, 0.717) is 6.42 Å².